The topological polar surface area (TPSA) is 63.7 Å². The van der Waals surface area contributed by atoms with E-state index in [1.165, 1.54) is 12.1 Å². The lowest BCUT2D eigenvalue weighted by molar-refractivity contribution is 0.101. The number of nitrogens with one attached hydrogen (secondary N) is 1. The van der Waals surface area contributed by atoms with Crippen LogP contribution in [0.15, 0.2) is 36.5 Å². The van der Waals surface area contributed by atoms with Crippen molar-refractivity contribution in [1.29, 1.82) is 0 Å². The molecule has 1 N–H and O–H groups in total. The zero-order chi connectivity index (χ0) is 21.0. The number of hydrogen-bond acceptors (Lipinski definition) is 5. The standard InChI is InChI=1S/C21H25ClFN3O3/c1-21(2,3)25-20(27)29-16-8-9-26(12-16)19-18(22)10-17(11-24-19)28-13-14-4-6-15(23)7-5-14/h4-7,10-11,16H,8-9,12-13H2,1-3H3,(H,25,27)/t16-/m1/s1. The highest BCUT2D eigenvalue weighted by Crippen LogP contribution is 2.30. The summed E-state index contributed by atoms with van der Waals surface area (Å²) < 4.78 is 24.1. The molecule has 0 spiro atoms. The molecule has 1 aromatic heterocycles. The highest BCUT2D eigenvalue weighted by Gasteiger charge is 2.29. The van der Waals surface area contributed by atoms with Crippen LogP contribution in [0.1, 0.15) is 32.8 Å². The van der Waals surface area contributed by atoms with Gasteiger partial charge >= 0.3 is 6.09 Å². The Balaban J connectivity index is 1.55. The van der Waals surface area contributed by atoms with Crippen LogP contribution in [0.25, 0.3) is 0 Å². The summed E-state index contributed by atoms with van der Waals surface area (Å²) in [6.45, 7) is 7.21. The van der Waals surface area contributed by atoms with Gasteiger partial charge in [0.05, 0.1) is 17.8 Å². The Morgan fingerprint density at radius 1 is 1.34 bits per heavy atom. The quantitative estimate of drug-likeness (QED) is 0.766. The van der Waals surface area contributed by atoms with Crippen molar-refractivity contribution in [3.05, 3.63) is 52.9 Å². The number of nitrogens with zero attached hydrogens (tertiary/aromatic N) is 2. The SMILES string of the molecule is CC(C)(C)NC(=O)O[C@@H]1CCN(c2ncc(OCc3ccc(F)cc3)cc2Cl)C1. The largest absolute Gasteiger partial charge is 0.487 e. The van der Waals surface area contributed by atoms with Crippen molar-refractivity contribution in [3.63, 3.8) is 0 Å². The highest BCUT2D eigenvalue weighted by molar-refractivity contribution is 6.33. The molecule has 156 valence electrons. The van der Waals surface area contributed by atoms with E-state index in [4.69, 9.17) is 21.1 Å². The van der Waals surface area contributed by atoms with E-state index < -0.39 is 6.09 Å². The van der Waals surface area contributed by atoms with Gasteiger partial charge in [-0.2, -0.15) is 0 Å². The average molecular weight is 422 g/mol. The first-order chi connectivity index (χ1) is 13.7. The van der Waals surface area contributed by atoms with Gasteiger partial charge in [-0.1, -0.05) is 23.7 Å². The van der Waals surface area contributed by atoms with Gasteiger partial charge in [0.1, 0.15) is 30.1 Å². The summed E-state index contributed by atoms with van der Waals surface area (Å²) in [5.74, 6) is 0.870. The van der Waals surface area contributed by atoms with E-state index >= 15 is 0 Å². The second kappa shape index (κ2) is 8.86. The Morgan fingerprint density at radius 3 is 2.72 bits per heavy atom. The minimum absolute atomic E-state index is 0.218. The Hall–Kier alpha value is -2.54. The van der Waals surface area contributed by atoms with Crippen molar-refractivity contribution in [3.8, 4) is 5.75 Å². The van der Waals surface area contributed by atoms with E-state index in [-0.39, 0.29) is 17.5 Å². The average Bonchev–Trinajstić information content (AvgIpc) is 3.07. The van der Waals surface area contributed by atoms with Crippen molar-refractivity contribution < 1.29 is 18.7 Å². The molecule has 0 bridgehead atoms. The van der Waals surface area contributed by atoms with E-state index in [9.17, 15) is 9.18 Å². The summed E-state index contributed by atoms with van der Waals surface area (Å²) in [7, 11) is 0. The fourth-order valence-corrected chi connectivity index (χ4v) is 3.25. The number of halogens is 2. The van der Waals surface area contributed by atoms with Gasteiger partial charge < -0.3 is 19.7 Å². The monoisotopic (exact) mass is 421 g/mol. The number of ether oxygens (including phenoxy) is 2. The fraction of sp³-hybridized carbons (Fsp3) is 0.429. The van der Waals surface area contributed by atoms with Crippen LogP contribution < -0.4 is 15.0 Å². The molecule has 0 unspecified atom stereocenters. The molecule has 1 aromatic carbocycles. The molecule has 8 heteroatoms. The Labute approximate surface area is 175 Å². The molecular weight excluding hydrogens is 397 g/mol. The minimum Gasteiger partial charge on any atom is -0.487 e. The lowest BCUT2D eigenvalue weighted by Gasteiger charge is -2.22. The lowest BCUT2D eigenvalue weighted by atomic mass is 10.1. The van der Waals surface area contributed by atoms with E-state index in [0.717, 1.165) is 5.56 Å². The molecular formula is C21H25ClFN3O3. The molecule has 0 aliphatic carbocycles. The molecule has 1 aliphatic rings. The van der Waals surface area contributed by atoms with E-state index in [2.05, 4.69) is 10.3 Å². The van der Waals surface area contributed by atoms with Crippen LogP contribution in [0, 0.1) is 5.82 Å². The summed E-state index contributed by atoms with van der Waals surface area (Å²) in [4.78, 5) is 18.3. The number of aromatic nitrogens is 1. The number of alkyl carbamates (subject to hydrolysis) is 1. The van der Waals surface area contributed by atoms with Gasteiger partial charge in [0, 0.05) is 24.6 Å². The third-order valence-electron chi connectivity index (χ3n) is 4.31. The maximum atomic E-state index is 13.0. The molecule has 1 amide bonds. The first-order valence-corrected chi connectivity index (χ1v) is 9.84. The number of rotatable bonds is 5. The second-order valence-electron chi connectivity index (χ2n) is 8.03. The van der Waals surface area contributed by atoms with Crippen molar-refractivity contribution in [2.24, 2.45) is 0 Å². The molecule has 29 heavy (non-hydrogen) atoms. The Kier molecular flexibility index (Phi) is 6.47. The summed E-state index contributed by atoms with van der Waals surface area (Å²) in [5.41, 5.74) is 0.504. The lowest BCUT2D eigenvalue weighted by Crippen LogP contribution is -2.42. The third-order valence-corrected chi connectivity index (χ3v) is 4.59. The first kappa shape index (κ1) is 21.2. The van der Waals surface area contributed by atoms with Crippen LogP contribution in [0.4, 0.5) is 15.0 Å². The van der Waals surface area contributed by atoms with E-state index in [1.54, 1.807) is 24.4 Å². The first-order valence-electron chi connectivity index (χ1n) is 9.46. The minimum atomic E-state index is -0.423. The van der Waals surface area contributed by atoms with Crippen molar-refractivity contribution in [1.82, 2.24) is 10.3 Å². The van der Waals surface area contributed by atoms with Crippen LogP contribution in [0.5, 0.6) is 5.75 Å². The molecule has 0 radical (unpaired) electrons. The normalized spacial score (nSPS) is 16.6. The van der Waals surface area contributed by atoms with Gasteiger partial charge in [-0.3, -0.25) is 0 Å². The van der Waals surface area contributed by atoms with Crippen molar-refractivity contribution in [2.75, 3.05) is 18.0 Å². The number of benzene rings is 1. The predicted molar refractivity (Wildman–Crippen MR) is 110 cm³/mol. The van der Waals surface area contributed by atoms with Crippen LogP contribution in [-0.2, 0) is 11.3 Å². The van der Waals surface area contributed by atoms with Crippen molar-refractivity contribution >= 4 is 23.5 Å². The Morgan fingerprint density at radius 2 is 2.07 bits per heavy atom. The zero-order valence-electron chi connectivity index (χ0n) is 16.7. The van der Waals surface area contributed by atoms with Gasteiger partial charge in [-0.15, -0.1) is 0 Å². The summed E-state index contributed by atoms with van der Waals surface area (Å²) >= 11 is 6.40. The molecule has 2 heterocycles. The van der Waals surface area contributed by atoms with Gasteiger partial charge in [-0.25, -0.2) is 14.2 Å². The maximum Gasteiger partial charge on any atom is 0.407 e. The van der Waals surface area contributed by atoms with Crippen LogP contribution in [0.2, 0.25) is 5.02 Å². The highest BCUT2D eigenvalue weighted by atomic mass is 35.5. The van der Waals surface area contributed by atoms with Crippen molar-refractivity contribution in [2.45, 2.75) is 45.4 Å². The van der Waals surface area contributed by atoms with Crippen LogP contribution >= 0.6 is 11.6 Å². The molecule has 6 nitrogen and oxygen atoms in total. The van der Waals surface area contributed by atoms with E-state index in [1.807, 2.05) is 25.7 Å². The third kappa shape index (κ3) is 6.22. The molecule has 1 saturated heterocycles. The summed E-state index contributed by atoms with van der Waals surface area (Å²) in [6, 6.07) is 7.81. The smallest absolute Gasteiger partial charge is 0.407 e. The Bertz CT molecular complexity index is 855. The van der Waals surface area contributed by atoms with Gasteiger partial charge in [0.25, 0.3) is 0 Å². The molecule has 1 aliphatic heterocycles. The zero-order valence-corrected chi connectivity index (χ0v) is 17.5. The van der Waals surface area contributed by atoms with E-state index in [0.29, 0.717) is 42.7 Å². The summed E-state index contributed by atoms with van der Waals surface area (Å²) in [6.07, 6.45) is 1.67. The van der Waals surface area contributed by atoms with Gasteiger partial charge in [0.2, 0.25) is 0 Å². The molecule has 3 rings (SSSR count). The number of carbonyl (C=O) groups is 1. The number of hydrogen-bond donors (Lipinski definition) is 1. The number of pyridine rings is 1. The van der Waals surface area contributed by atoms with Gasteiger partial charge in [-0.05, 0) is 38.5 Å². The number of carbonyl (C=O) groups excluding carboxylic acids is 1. The maximum absolute atomic E-state index is 13.0. The number of amides is 1. The predicted octanol–water partition coefficient (Wildman–Crippen LogP) is 4.56. The molecule has 1 atom stereocenters. The van der Waals surface area contributed by atoms with Crippen LogP contribution in [-0.4, -0.2) is 35.8 Å². The molecule has 0 saturated carbocycles. The summed E-state index contributed by atoms with van der Waals surface area (Å²) in [5, 5.41) is 3.25. The van der Waals surface area contributed by atoms with Crippen LogP contribution in [0.3, 0.4) is 0 Å². The molecule has 1 fully saturated rings. The molecule has 2 aromatic rings. The number of anilines is 1. The second-order valence-corrected chi connectivity index (χ2v) is 8.44. The van der Waals surface area contributed by atoms with Gasteiger partial charge in [0.15, 0.2) is 0 Å². The fourth-order valence-electron chi connectivity index (χ4n) is 2.98.